The number of para-hydroxylation sites is 1. The maximum atomic E-state index is 9.13. The van der Waals surface area contributed by atoms with E-state index in [0.29, 0.717) is 0 Å². The van der Waals surface area contributed by atoms with E-state index in [1.807, 2.05) is 25.2 Å². The van der Waals surface area contributed by atoms with Crippen molar-refractivity contribution in [2.45, 2.75) is 25.3 Å². The normalized spacial score (nSPS) is 13.3. The topological polar surface area (TPSA) is 53.5 Å². The number of aliphatic hydroxyl groups is 1. The third-order valence-electron chi connectivity index (χ3n) is 3.42. The Bertz CT molecular complexity index is 376. The molecule has 0 fully saturated rings. The Morgan fingerprint density at radius 1 is 1.32 bits per heavy atom. The zero-order chi connectivity index (χ0) is 14.3. The monoisotopic (exact) mass is 266 g/mol. The van der Waals surface area contributed by atoms with Crippen molar-refractivity contribution in [3.05, 3.63) is 29.8 Å². The molecule has 108 valence electrons. The minimum Gasteiger partial charge on any atom is -0.496 e. The van der Waals surface area contributed by atoms with Crippen LogP contribution in [0.15, 0.2) is 24.3 Å². The summed E-state index contributed by atoms with van der Waals surface area (Å²) >= 11 is 0. The average molecular weight is 266 g/mol. The summed E-state index contributed by atoms with van der Waals surface area (Å²) in [5, 5.41) is 15.6. The first-order chi connectivity index (χ1) is 9.05. The van der Waals surface area contributed by atoms with Crippen LogP contribution < -0.4 is 15.4 Å². The van der Waals surface area contributed by atoms with Gasteiger partial charge in [-0.1, -0.05) is 32.0 Å². The molecule has 0 aliphatic heterocycles. The van der Waals surface area contributed by atoms with Crippen LogP contribution in [0.25, 0.3) is 0 Å². The Morgan fingerprint density at radius 3 is 2.58 bits per heavy atom. The van der Waals surface area contributed by atoms with Crippen LogP contribution in [0.1, 0.15) is 19.4 Å². The molecule has 1 aromatic rings. The highest BCUT2D eigenvalue weighted by Crippen LogP contribution is 2.30. The standard InChI is InChI=1S/C15H26N2O2/c1-15(2,11-17-9-12(10-18)16-3)13-7-5-6-8-14(13)19-4/h5-8,12,16-18H,9-11H2,1-4H3/t12-/m1/s1. The molecule has 1 aromatic carbocycles. The molecule has 0 radical (unpaired) electrons. The first-order valence-corrected chi connectivity index (χ1v) is 6.67. The summed E-state index contributed by atoms with van der Waals surface area (Å²) in [5.74, 6) is 0.918. The third kappa shape index (κ3) is 4.49. The van der Waals surface area contributed by atoms with Crippen LogP contribution in [-0.4, -0.2) is 45.0 Å². The van der Waals surface area contributed by atoms with Crippen LogP contribution in [0.5, 0.6) is 5.75 Å². The average Bonchev–Trinajstić information content (AvgIpc) is 2.43. The molecule has 0 aromatic heterocycles. The van der Waals surface area contributed by atoms with Gasteiger partial charge in [0.1, 0.15) is 5.75 Å². The van der Waals surface area contributed by atoms with Crippen molar-refractivity contribution in [3.8, 4) is 5.75 Å². The van der Waals surface area contributed by atoms with Gasteiger partial charge in [0.25, 0.3) is 0 Å². The summed E-state index contributed by atoms with van der Waals surface area (Å²) in [6, 6.07) is 8.19. The van der Waals surface area contributed by atoms with E-state index in [9.17, 15) is 0 Å². The van der Waals surface area contributed by atoms with Crippen molar-refractivity contribution >= 4 is 0 Å². The summed E-state index contributed by atoms with van der Waals surface area (Å²) in [7, 11) is 3.55. The van der Waals surface area contributed by atoms with Crippen LogP contribution in [0.3, 0.4) is 0 Å². The number of hydrogen-bond acceptors (Lipinski definition) is 4. The lowest BCUT2D eigenvalue weighted by atomic mass is 9.84. The number of hydrogen-bond donors (Lipinski definition) is 3. The van der Waals surface area contributed by atoms with E-state index in [1.54, 1.807) is 7.11 Å². The molecule has 0 bridgehead atoms. The van der Waals surface area contributed by atoms with E-state index < -0.39 is 0 Å². The van der Waals surface area contributed by atoms with Crippen LogP contribution in [0.4, 0.5) is 0 Å². The second kappa shape index (κ2) is 7.48. The Balaban J connectivity index is 2.65. The molecule has 0 heterocycles. The lowest BCUT2D eigenvalue weighted by molar-refractivity contribution is 0.242. The number of ether oxygens (including phenoxy) is 1. The van der Waals surface area contributed by atoms with E-state index in [2.05, 4.69) is 30.5 Å². The SMILES string of the molecule is CN[C@@H](CO)CNCC(C)(C)c1ccccc1OC. The van der Waals surface area contributed by atoms with Gasteiger partial charge in [-0.25, -0.2) is 0 Å². The quantitative estimate of drug-likeness (QED) is 0.660. The molecule has 0 unspecified atom stereocenters. The zero-order valence-electron chi connectivity index (χ0n) is 12.4. The molecule has 1 rings (SSSR count). The molecule has 1 atom stereocenters. The summed E-state index contributed by atoms with van der Waals surface area (Å²) in [5.41, 5.74) is 1.16. The number of nitrogens with one attached hydrogen (secondary N) is 2. The highest BCUT2D eigenvalue weighted by atomic mass is 16.5. The van der Waals surface area contributed by atoms with Gasteiger partial charge in [-0.3, -0.25) is 0 Å². The number of methoxy groups -OCH3 is 1. The molecule has 0 spiro atoms. The molecule has 0 aliphatic rings. The van der Waals surface area contributed by atoms with E-state index in [-0.39, 0.29) is 18.1 Å². The summed E-state index contributed by atoms with van der Waals surface area (Å²) in [6.45, 7) is 6.08. The fourth-order valence-electron chi connectivity index (χ4n) is 2.12. The van der Waals surface area contributed by atoms with Gasteiger partial charge in [0.2, 0.25) is 0 Å². The van der Waals surface area contributed by atoms with E-state index >= 15 is 0 Å². The predicted octanol–water partition coefficient (Wildman–Crippen LogP) is 1.14. The molecule has 0 amide bonds. The van der Waals surface area contributed by atoms with E-state index in [4.69, 9.17) is 9.84 Å². The van der Waals surface area contributed by atoms with Gasteiger partial charge in [0.05, 0.1) is 13.7 Å². The molecule has 3 N–H and O–H groups in total. The lowest BCUT2D eigenvalue weighted by Crippen LogP contribution is -2.43. The second-order valence-corrected chi connectivity index (χ2v) is 5.38. The molecule has 0 saturated heterocycles. The molecule has 4 heteroatoms. The minimum absolute atomic E-state index is 0.0274. The maximum absolute atomic E-state index is 9.13. The maximum Gasteiger partial charge on any atom is 0.122 e. The van der Waals surface area contributed by atoms with Crippen LogP contribution in [-0.2, 0) is 5.41 Å². The molecule has 0 aliphatic carbocycles. The summed E-state index contributed by atoms with van der Waals surface area (Å²) < 4.78 is 5.42. The van der Waals surface area contributed by atoms with Crippen LogP contribution >= 0.6 is 0 Å². The molecule has 19 heavy (non-hydrogen) atoms. The molecule has 0 saturated carbocycles. The third-order valence-corrected chi connectivity index (χ3v) is 3.42. The van der Waals surface area contributed by atoms with Gasteiger partial charge in [-0.15, -0.1) is 0 Å². The summed E-state index contributed by atoms with van der Waals surface area (Å²) in [6.07, 6.45) is 0. The Kier molecular flexibility index (Phi) is 6.28. The van der Waals surface area contributed by atoms with Gasteiger partial charge < -0.3 is 20.5 Å². The zero-order valence-corrected chi connectivity index (χ0v) is 12.4. The van der Waals surface area contributed by atoms with Crippen molar-refractivity contribution in [1.82, 2.24) is 10.6 Å². The van der Waals surface area contributed by atoms with Crippen molar-refractivity contribution in [2.24, 2.45) is 0 Å². The van der Waals surface area contributed by atoms with Gasteiger partial charge in [-0.05, 0) is 13.1 Å². The highest BCUT2D eigenvalue weighted by Gasteiger charge is 2.23. The van der Waals surface area contributed by atoms with Crippen LogP contribution in [0.2, 0.25) is 0 Å². The number of rotatable bonds is 8. The first-order valence-electron chi connectivity index (χ1n) is 6.67. The fraction of sp³-hybridized carbons (Fsp3) is 0.600. The van der Waals surface area contributed by atoms with Crippen molar-refractivity contribution in [2.75, 3.05) is 33.9 Å². The largest absolute Gasteiger partial charge is 0.496 e. The molecular formula is C15H26N2O2. The first kappa shape index (κ1) is 16.0. The number of benzene rings is 1. The molecular weight excluding hydrogens is 240 g/mol. The van der Waals surface area contributed by atoms with Crippen LogP contribution in [0, 0.1) is 0 Å². The number of likely N-dealkylation sites (N-methyl/N-ethyl adjacent to an activating group) is 1. The highest BCUT2D eigenvalue weighted by molar-refractivity contribution is 5.39. The smallest absolute Gasteiger partial charge is 0.122 e. The predicted molar refractivity (Wildman–Crippen MR) is 78.8 cm³/mol. The van der Waals surface area contributed by atoms with Gasteiger partial charge in [0, 0.05) is 30.1 Å². The van der Waals surface area contributed by atoms with Gasteiger partial charge in [-0.2, -0.15) is 0 Å². The van der Waals surface area contributed by atoms with Crippen molar-refractivity contribution < 1.29 is 9.84 Å². The van der Waals surface area contributed by atoms with Crippen molar-refractivity contribution in [3.63, 3.8) is 0 Å². The van der Waals surface area contributed by atoms with Crippen molar-refractivity contribution in [1.29, 1.82) is 0 Å². The second-order valence-electron chi connectivity index (χ2n) is 5.38. The molecule has 4 nitrogen and oxygen atoms in total. The Hall–Kier alpha value is -1.10. The van der Waals surface area contributed by atoms with Gasteiger partial charge in [0.15, 0.2) is 0 Å². The van der Waals surface area contributed by atoms with E-state index in [0.717, 1.165) is 18.8 Å². The fourth-order valence-corrected chi connectivity index (χ4v) is 2.12. The Labute approximate surface area is 116 Å². The minimum atomic E-state index is -0.0274. The summed E-state index contributed by atoms with van der Waals surface area (Å²) in [4.78, 5) is 0. The lowest BCUT2D eigenvalue weighted by Gasteiger charge is -2.28. The Morgan fingerprint density at radius 2 is 2.00 bits per heavy atom. The van der Waals surface area contributed by atoms with E-state index in [1.165, 1.54) is 5.56 Å². The van der Waals surface area contributed by atoms with Gasteiger partial charge >= 0.3 is 0 Å². The number of aliphatic hydroxyl groups excluding tert-OH is 1.